The summed E-state index contributed by atoms with van der Waals surface area (Å²) in [7, 11) is 0. The van der Waals surface area contributed by atoms with Gasteiger partial charge in [-0.3, -0.25) is 4.57 Å². The first kappa shape index (κ1) is 36.4. The Labute approximate surface area is 369 Å². The minimum Gasteiger partial charge on any atom is -0.455 e. The first-order valence-corrected chi connectivity index (χ1v) is 22.0. The minimum atomic E-state index is 0.00921. The van der Waals surface area contributed by atoms with Crippen molar-refractivity contribution in [2.24, 2.45) is 15.9 Å². The number of aliphatic imine (C=N–C) groups is 2. The van der Waals surface area contributed by atoms with Crippen molar-refractivity contribution < 1.29 is 4.42 Å². The lowest BCUT2D eigenvalue weighted by atomic mass is 9.98. The normalized spacial score (nSPS) is 15.5. The van der Waals surface area contributed by atoms with Crippen molar-refractivity contribution in [3.8, 4) is 16.8 Å². The number of rotatable bonds is 4. The fraction of sp³-hybridized carbons (Fsp3) is 0.0508. The van der Waals surface area contributed by atoms with Crippen LogP contribution in [0.15, 0.2) is 221 Å². The second-order valence-corrected chi connectivity index (χ2v) is 17.0. The van der Waals surface area contributed by atoms with Crippen LogP contribution in [0.25, 0.3) is 98.8 Å². The fourth-order valence-corrected chi connectivity index (χ4v) is 10.1. The molecule has 3 aromatic heterocycles. The minimum absolute atomic E-state index is 0.00921. The van der Waals surface area contributed by atoms with Crippen LogP contribution in [0.1, 0.15) is 24.5 Å². The zero-order valence-corrected chi connectivity index (χ0v) is 35.1. The van der Waals surface area contributed by atoms with Gasteiger partial charge in [0.05, 0.1) is 39.0 Å². The number of amidine groups is 1. The van der Waals surface area contributed by atoms with Crippen LogP contribution in [-0.2, 0) is 0 Å². The summed E-state index contributed by atoms with van der Waals surface area (Å²) < 4.78 is 11.8. The molecule has 0 saturated carbocycles. The maximum absolute atomic E-state index is 7.00. The predicted molar refractivity (Wildman–Crippen MR) is 268 cm³/mol. The molecular formula is C59H40N4O. The summed E-state index contributed by atoms with van der Waals surface area (Å²) in [5, 5.41) is 9.33. The first-order chi connectivity index (χ1) is 31.7. The molecule has 0 fully saturated rings. The summed E-state index contributed by atoms with van der Waals surface area (Å²) in [4.78, 5) is 11.5. The van der Waals surface area contributed by atoms with E-state index in [0.29, 0.717) is 12.3 Å². The summed E-state index contributed by atoms with van der Waals surface area (Å²) in [6.07, 6.45) is 3.02. The van der Waals surface area contributed by atoms with E-state index in [9.17, 15) is 0 Å². The molecule has 9 aromatic carbocycles. The van der Waals surface area contributed by atoms with E-state index in [1.807, 2.05) is 6.07 Å². The van der Waals surface area contributed by atoms with Gasteiger partial charge in [0, 0.05) is 43.8 Å². The summed E-state index contributed by atoms with van der Waals surface area (Å²) in [6.45, 7) is 2.29. The van der Waals surface area contributed by atoms with E-state index in [4.69, 9.17) is 14.4 Å². The Morgan fingerprint density at radius 1 is 0.453 bits per heavy atom. The van der Waals surface area contributed by atoms with Crippen LogP contribution in [0.4, 0.5) is 0 Å². The molecule has 0 amide bonds. The van der Waals surface area contributed by atoms with Gasteiger partial charge in [0.1, 0.15) is 17.0 Å². The van der Waals surface area contributed by atoms with Gasteiger partial charge in [-0.15, -0.1) is 0 Å². The number of hydrogen-bond donors (Lipinski definition) is 0. The van der Waals surface area contributed by atoms with Gasteiger partial charge in [-0.2, -0.15) is 0 Å². The lowest BCUT2D eigenvalue weighted by Gasteiger charge is -2.22. The summed E-state index contributed by atoms with van der Waals surface area (Å²) in [6, 6.07) is 71.4. The Bertz CT molecular complexity index is 3900. The Hall–Kier alpha value is -8.28. The molecule has 5 nitrogen and oxygen atoms in total. The highest BCUT2D eigenvalue weighted by Crippen LogP contribution is 2.43. The number of benzene rings is 9. The number of nitrogens with zero attached hydrogens (tertiary/aromatic N) is 4. The van der Waals surface area contributed by atoms with Gasteiger partial charge in [-0.25, -0.2) is 9.98 Å². The van der Waals surface area contributed by atoms with Crippen molar-refractivity contribution in [3.05, 3.63) is 217 Å². The van der Waals surface area contributed by atoms with Crippen molar-refractivity contribution in [2.45, 2.75) is 13.3 Å². The van der Waals surface area contributed by atoms with Gasteiger partial charge in [-0.1, -0.05) is 159 Å². The molecule has 13 rings (SSSR count). The van der Waals surface area contributed by atoms with Crippen LogP contribution < -0.4 is 0 Å². The van der Waals surface area contributed by atoms with E-state index >= 15 is 0 Å². The Morgan fingerprint density at radius 2 is 1.05 bits per heavy atom. The summed E-state index contributed by atoms with van der Waals surface area (Å²) in [5.41, 5.74) is 12.1. The van der Waals surface area contributed by atoms with E-state index in [0.717, 1.165) is 83.5 Å². The molecule has 1 aliphatic heterocycles. The van der Waals surface area contributed by atoms with Gasteiger partial charge in [0.15, 0.2) is 5.84 Å². The highest BCUT2D eigenvalue weighted by atomic mass is 16.3. The molecule has 0 aliphatic carbocycles. The molecule has 4 heterocycles. The second kappa shape index (κ2) is 14.4. The lowest BCUT2D eigenvalue weighted by molar-refractivity contribution is 0.667. The quantitative estimate of drug-likeness (QED) is 0.174. The Kier molecular flexibility index (Phi) is 8.19. The fourth-order valence-electron chi connectivity index (χ4n) is 10.1. The predicted octanol–water partition coefficient (Wildman–Crippen LogP) is 15.4. The summed E-state index contributed by atoms with van der Waals surface area (Å²) >= 11 is 0. The second-order valence-electron chi connectivity index (χ2n) is 17.0. The maximum Gasteiger partial charge on any atom is 0.161 e. The molecule has 5 heteroatoms. The topological polar surface area (TPSA) is 47.7 Å². The third-order valence-corrected chi connectivity index (χ3v) is 13.2. The number of allylic oxidation sites excluding steroid dienone is 1. The van der Waals surface area contributed by atoms with E-state index < -0.39 is 0 Å². The molecule has 1 unspecified atom stereocenters. The molecule has 1 aliphatic rings. The molecule has 12 aromatic rings. The van der Waals surface area contributed by atoms with Crippen LogP contribution in [0, 0.1) is 5.92 Å². The highest BCUT2D eigenvalue weighted by molar-refractivity contribution is 6.19. The van der Waals surface area contributed by atoms with E-state index in [-0.39, 0.29) is 5.92 Å². The molecule has 64 heavy (non-hydrogen) atoms. The van der Waals surface area contributed by atoms with Crippen molar-refractivity contribution in [1.82, 2.24) is 9.13 Å². The Morgan fingerprint density at radius 3 is 1.80 bits per heavy atom. The lowest BCUT2D eigenvalue weighted by Crippen LogP contribution is -2.23. The Balaban J connectivity index is 1.13. The van der Waals surface area contributed by atoms with E-state index in [1.54, 1.807) is 0 Å². The number of fused-ring (bicyclic) bond motifs is 10. The monoisotopic (exact) mass is 820 g/mol. The molecule has 1 atom stereocenters. The number of hydrogen-bond acceptors (Lipinski definition) is 3. The largest absolute Gasteiger partial charge is 0.455 e. The molecule has 0 spiro atoms. The smallest absolute Gasteiger partial charge is 0.161 e. The molecule has 0 saturated heterocycles. The molecule has 0 bridgehead atoms. The first-order valence-electron chi connectivity index (χ1n) is 22.0. The maximum atomic E-state index is 7.00. The summed E-state index contributed by atoms with van der Waals surface area (Å²) in [5.74, 6) is 1.60. The average Bonchev–Trinajstić information content (AvgIpc) is 4.00. The van der Waals surface area contributed by atoms with Crippen molar-refractivity contribution in [2.75, 3.05) is 0 Å². The van der Waals surface area contributed by atoms with E-state index in [2.05, 4.69) is 216 Å². The molecule has 0 N–H and O–H groups in total. The SMILES string of the molecule is CC1C/C=C(\c2c(-n3c4ccccc4c4cc5ccccc5cc43)ccc3c2oc2ccccc23)N=C(c2cccc(-c3ccccc3)c2)N=C1n1c2ccccc2c2ccccc21. The van der Waals surface area contributed by atoms with Crippen LogP contribution in [-0.4, -0.2) is 20.8 Å². The average molecular weight is 821 g/mol. The number of aromatic nitrogens is 2. The molecular weight excluding hydrogens is 781 g/mol. The molecule has 302 valence electrons. The van der Waals surface area contributed by atoms with Crippen molar-refractivity contribution in [1.29, 1.82) is 0 Å². The zero-order valence-electron chi connectivity index (χ0n) is 35.1. The van der Waals surface area contributed by atoms with Crippen LogP contribution in [0.3, 0.4) is 0 Å². The van der Waals surface area contributed by atoms with Gasteiger partial charge in [0.25, 0.3) is 0 Å². The van der Waals surface area contributed by atoms with Gasteiger partial charge < -0.3 is 8.98 Å². The third-order valence-electron chi connectivity index (χ3n) is 13.2. The third kappa shape index (κ3) is 5.64. The van der Waals surface area contributed by atoms with Crippen LogP contribution in [0.2, 0.25) is 0 Å². The molecule has 0 radical (unpaired) electrons. The van der Waals surface area contributed by atoms with Crippen molar-refractivity contribution >= 4 is 93.7 Å². The zero-order chi connectivity index (χ0) is 42.3. The van der Waals surface area contributed by atoms with Gasteiger partial charge >= 0.3 is 0 Å². The van der Waals surface area contributed by atoms with Crippen LogP contribution >= 0.6 is 0 Å². The number of furan rings is 1. The van der Waals surface area contributed by atoms with Gasteiger partial charge in [-0.05, 0) is 82.9 Å². The standard InChI is InChI=1S/C59H40N4O/c1-37-30-32-49(60-58(42-21-15-20-39(34-42)38-16-3-2-4-17-38)61-59(37)63-51-27-12-7-22-43(51)44-23-8-13-28-52(44)63)56-53(33-31-47-46-25-10-14-29-55(46)64-57(47)56)62-50-26-11-9-24-45(50)48-35-40-18-5-6-19-41(40)36-54(48)62/h2-29,31-37H,30H2,1H3/b49-32+,60-58?,61-59?. The van der Waals surface area contributed by atoms with E-state index in [1.165, 1.54) is 32.3 Å². The van der Waals surface area contributed by atoms with Crippen molar-refractivity contribution in [3.63, 3.8) is 0 Å². The van der Waals surface area contributed by atoms with Crippen LogP contribution in [0.5, 0.6) is 0 Å². The number of para-hydroxylation sites is 4. The van der Waals surface area contributed by atoms with Gasteiger partial charge in [0.2, 0.25) is 0 Å². The highest BCUT2D eigenvalue weighted by Gasteiger charge is 2.27.